The zero-order chi connectivity index (χ0) is 13.7. The zero-order valence-electron chi connectivity index (χ0n) is 10.6. The summed E-state index contributed by atoms with van der Waals surface area (Å²) in [7, 11) is 0. The Hall–Kier alpha value is -2.29. The lowest BCUT2D eigenvalue weighted by atomic mass is 10.2. The third kappa shape index (κ3) is 4.14. The molecular formula is C16H14FO2. The fraction of sp³-hybridized carbons (Fsp3) is 0.0625. The molecule has 2 aromatic rings. The second-order valence-electron chi connectivity index (χ2n) is 4.07. The molecule has 2 rings (SSSR count). The van der Waals surface area contributed by atoms with Crippen LogP contribution in [0.1, 0.15) is 5.56 Å². The molecule has 0 spiro atoms. The van der Waals surface area contributed by atoms with Crippen LogP contribution in [0.15, 0.2) is 60.9 Å². The Balaban J connectivity index is 1.84. The first-order valence-corrected chi connectivity index (χ1v) is 5.82. The summed E-state index contributed by atoms with van der Waals surface area (Å²) >= 11 is 0. The summed E-state index contributed by atoms with van der Waals surface area (Å²) in [5.74, 6) is 1.25. The number of ether oxygens (including phenoxy) is 2. The minimum absolute atomic E-state index is 0.308. The number of hydrogen-bond acceptors (Lipinski definition) is 2. The van der Waals surface area contributed by atoms with Crippen molar-refractivity contribution in [3.05, 3.63) is 78.9 Å². The van der Waals surface area contributed by atoms with Crippen molar-refractivity contribution in [3.63, 3.8) is 0 Å². The van der Waals surface area contributed by atoms with Gasteiger partial charge in [0.2, 0.25) is 0 Å². The predicted molar refractivity (Wildman–Crippen MR) is 72.3 cm³/mol. The molecule has 0 aromatic heterocycles. The highest BCUT2D eigenvalue weighted by molar-refractivity contribution is 5.28. The van der Waals surface area contributed by atoms with Crippen LogP contribution in [0.4, 0.5) is 4.39 Å². The van der Waals surface area contributed by atoms with Gasteiger partial charge in [-0.15, -0.1) is 0 Å². The predicted octanol–water partition coefficient (Wildman–Crippen LogP) is 4.27. The van der Waals surface area contributed by atoms with E-state index in [0.717, 1.165) is 5.56 Å². The molecule has 0 saturated carbocycles. The average molecular weight is 257 g/mol. The highest BCUT2D eigenvalue weighted by atomic mass is 19.1. The lowest BCUT2D eigenvalue weighted by molar-refractivity contribution is 0.341. The molecule has 0 aliphatic rings. The van der Waals surface area contributed by atoms with E-state index < -0.39 is 0 Å². The maximum Gasteiger partial charge on any atom is 0.199 e. The van der Waals surface area contributed by atoms with Gasteiger partial charge < -0.3 is 9.47 Å². The van der Waals surface area contributed by atoms with Gasteiger partial charge in [0.05, 0.1) is 0 Å². The van der Waals surface area contributed by atoms with E-state index in [4.69, 9.17) is 9.47 Å². The van der Waals surface area contributed by atoms with Crippen LogP contribution < -0.4 is 9.47 Å². The lowest BCUT2D eigenvalue weighted by Crippen LogP contribution is -2.00. The van der Waals surface area contributed by atoms with Gasteiger partial charge >= 0.3 is 0 Å². The van der Waals surface area contributed by atoms with Crippen molar-refractivity contribution < 1.29 is 13.9 Å². The molecular weight excluding hydrogens is 243 g/mol. The Morgan fingerprint density at radius 2 is 1.58 bits per heavy atom. The molecule has 2 aromatic carbocycles. The molecule has 0 aliphatic carbocycles. The molecule has 0 atom stereocenters. The van der Waals surface area contributed by atoms with Gasteiger partial charge in [0.25, 0.3) is 0 Å². The Labute approximate surface area is 112 Å². The topological polar surface area (TPSA) is 18.5 Å². The molecule has 0 fully saturated rings. The molecule has 0 aliphatic heterocycles. The molecule has 0 heterocycles. The Morgan fingerprint density at radius 3 is 2.21 bits per heavy atom. The first-order valence-electron chi connectivity index (χ1n) is 5.82. The van der Waals surface area contributed by atoms with Gasteiger partial charge in [-0.3, -0.25) is 0 Å². The van der Waals surface area contributed by atoms with E-state index in [2.05, 4.69) is 6.58 Å². The molecule has 0 N–H and O–H groups in total. The number of hydrogen-bond donors (Lipinski definition) is 0. The molecule has 0 bridgehead atoms. The van der Waals surface area contributed by atoms with Crippen LogP contribution in [-0.4, -0.2) is 0 Å². The Kier molecular flexibility index (Phi) is 4.18. The van der Waals surface area contributed by atoms with Crippen molar-refractivity contribution in [2.24, 2.45) is 0 Å². The van der Waals surface area contributed by atoms with Gasteiger partial charge in [-0.05, 0) is 43.3 Å². The highest BCUT2D eigenvalue weighted by Crippen LogP contribution is 2.17. The Bertz CT molecular complexity index is 544. The van der Waals surface area contributed by atoms with Crippen LogP contribution >= 0.6 is 0 Å². The third-order valence-electron chi connectivity index (χ3n) is 2.41. The van der Waals surface area contributed by atoms with Crippen LogP contribution in [0.25, 0.3) is 0 Å². The Morgan fingerprint density at radius 1 is 1.00 bits per heavy atom. The van der Waals surface area contributed by atoms with Crippen molar-refractivity contribution in [2.45, 2.75) is 6.92 Å². The summed E-state index contributed by atoms with van der Waals surface area (Å²) in [6.45, 7) is 7.12. The lowest BCUT2D eigenvalue weighted by Gasteiger charge is -2.09. The molecule has 3 heteroatoms. The average Bonchev–Trinajstić information content (AvgIpc) is 2.41. The molecule has 0 unspecified atom stereocenters. The maximum atomic E-state index is 12.7. The number of benzene rings is 2. The maximum absolute atomic E-state index is 12.7. The fourth-order valence-electron chi connectivity index (χ4n) is 1.43. The first-order chi connectivity index (χ1) is 9.13. The molecule has 1 radical (unpaired) electrons. The van der Waals surface area contributed by atoms with Crippen molar-refractivity contribution in [1.82, 2.24) is 0 Å². The number of rotatable bonds is 5. The minimum atomic E-state index is -0.308. The smallest absolute Gasteiger partial charge is 0.199 e. The van der Waals surface area contributed by atoms with Crippen LogP contribution in [0.2, 0.25) is 0 Å². The quantitative estimate of drug-likeness (QED) is 0.745. The van der Waals surface area contributed by atoms with Gasteiger partial charge in [0, 0.05) is 0 Å². The normalized spacial score (nSPS) is 10.0. The summed E-state index contributed by atoms with van der Waals surface area (Å²) in [5, 5.41) is 0. The van der Waals surface area contributed by atoms with E-state index >= 15 is 0 Å². The molecule has 2 nitrogen and oxygen atoms in total. The van der Waals surface area contributed by atoms with Crippen LogP contribution in [0.5, 0.6) is 11.5 Å². The SMILES string of the molecule is C=C([CH]Oc1ccc(C)cc1)Oc1ccc(F)cc1. The van der Waals surface area contributed by atoms with E-state index in [1.165, 1.54) is 30.9 Å². The summed E-state index contributed by atoms with van der Waals surface area (Å²) in [4.78, 5) is 0. The summed E-state index contributed by atoms with van der Waals surface area (Å²) in [6, 6.07) is 13.3. The summed E-state index contributed by atoms with van der Waals surface area (Å²) in [6.07, 6.45) is 0. The second kappa shape index (κ2) is 6.05. The van der Waals surface area contributed by atoms with E-state index in [1.807, 2.05) is 31.2 Å². The van der Waals surface area contributed by atoms with Crippen molar-refractivity contribution >= 4 is 0 Å². The second-order valence-corrected chi connectivity index (χ2v) is 4.07. The highest BCUT2D eigenvalue weighted by Gasteiger charge is 2.01. The molecule has 19 heavy (non-hydrogen) atoms. The monoisotopic (exact) mass is 257 g/mol. The van der Waals surface area contributed by atoms with E-state index in [0.29, 0.717) is 17.3 Å². The van der Waals surface area contributed by atoms with Gasteiger partial charge in [-0.1, -0.05) is 24.3 Å². The van der Waals surface area contributed by atoms with Crippen LogP contribution in [0, 0.1) is 19.3 Å². The summed E-state index contributed by atoms with van der Waals surface area (Å²) < 4.78 is 23.5. The fourth-order valence-corrected chi connectivity index (χ4v) is 1.43. The van der Waals surface area contributed by atoms with Gasteiger partial charge in [0.1, 0.15) is 23.1 Å². The van der Waals surface area contributed by atoms with Gasteiger partial charge in [-0.25, -0.2) is 4.39 Å². The van der Waals surface area contributed by atoms with Gasteiger partial charge in [-0.2, -0.15) is 0 Å². The number of aryl methyl sites for hydroxylation is 1. The third-order valence-corrected chi connectivity index (χ3v) is 2.41. The first kappa shape index (κ1) is 13.1. The van der Waals surface area contributed by atoms with Crippen molar-refractivity contribution in [1.29, 1.82) is 0 Å². The van der Waals surface area contributed by atoms with Gasteiger partial charge in [0.15, 0.2) is 6.61 Å². The zero-order valence-corrected chi connectivity index (χ0v) is 10.6. The minimum Gasteiger partial charge on any atom is -0.478 e. The van der Waals surface area contributed by atoms with Crippen LogP contribution in [-0.2, 0) is 0 Å². The van der Waals surface area contributed by atoms with E-state index in [1.54, 1.807) is 0 Å². The van der Waals surface area contributed by atoms with Crippen molar-refractivity contribution in [3.8, 4) is 11.5 Å². The molecule has 0 saturated heterocycles. The number of halogens is 1. The van der Waals surface area contributed by atoms with Crippen LogP contribution in [0.3, 0.4) is 0 Å². The largest absolute Gasteiger partial charge is 0.478 e. The summed E-state index contributed by atoms with van der Waals surface area (Å²) in [5.41, 5.74) is 1.16. The molecule has 0 amide bonds. The van der Waals surface area contributed by atoms with E-state index in [9.17, 15) is 4.39 Å². The van der Waals surface area contributed by atoms with E-state index in [-0.39, 0.29) is 5.82 Å². The standard InChI is InChI=1S/C16H14FO2/c1-12-3-7-15(8-4-12)18-11-13(2)19-16-9-5-14(17)6-10-16/h3-11H,2H2,1H3. The van der Waals surface area contributed by atoms with Crippen molar-refractivity contribution in [2.75, 3.05) is 0 Å². The molecule has 97 valence electrons.